The quantitative estimate of drug-likeness (QED) is 0.644. The molecule has 0 aromatic carbocycles. The van der Waals surface area contributed by atoms with Gasteiger partial charge in [-0.1, -0.05) is 18.1 Å². The SMILES string of the molecule is C1=C2CCCNC2C2CC1[C@H]1CCCCN1C2. The van der Waals surface area contributed by atoms with Crippen LogP contribution in [0.1, 0.15) is 38.5 Å². The lowest BCUT2D eigenvalue weighted by atomic mass is 9.68. The van der Waals surface area contributed by atoms with Gasteiger partial charge in [0.25, 0.3) is 0 Å². The van der Waals surface area contributed by atoms with E-state index in [1.165, 1.54) is 58.2 Å². The molecule has 1 aliphatic carbocycles. The van der Waals surface area contributed by atoms with E-state index in [4.69, 9.17) is 0 Å². The number of nitrogens with zero attached hydrogens (tertiary/aromatic N) is 1. The third-order valence-electron chi connectivity index (χ3n) is 5.51. The van der Waals surface area contributed by atoms with Crippen LogP contribution in [0.15, 0.2) is 11.6 Å². The third kappa shape index (κ3) is 1.68. The van der Waals surface area contributed by atoms with Gasteiger partial charge in [-0.2, -0.15) is 0 Å². The van der Waals surface area contributed by atoms with Gasteiger partial charge < -0.3 is 5.32 Å². The van der Waals surface area contributed by atoms with Crippen molar-refractivity contribution in [3.05, 3.63) is 11.6 Å². The minimum absolute atomic E-state index is 0.739. The van der Waals surface area contributed by atoms with E-state index < -0.39 is 0 Å². The number of fused-ring (bicyclic) bond motifs is 6. The van der Waals surface area contributed by atoms with Gasteiger partial charge in [0, 0.05) is 18.6 Å². The monoisotopic (exact) mass is 232 g/mol. The van der Waals surface area contributed by atoms with Crippen molar-refractivity contribution in [3.8, 4) is 0 Å². The number of hydrogen-bond donors (Lipinski definition) is 1. The van der Waals surface area contributed by atoms with E-state index in [2.05, 4.69) is 16.3 Å². The van der Waals surface area contributed by atoms with E-state index in [0.717, 1.165) is 23.9 Å². The van der Waals surface area contributed by atoms with Crippen LogP contribution in [0.2, 0.25) is 0 Å². The van der Waals surface area contributed by atoms with Gasteiger partial charge in [-0.25, -0.2) is 0 Å². The van der Waals surface area contributed by atoms with Crippen LogP contribution in [0.5, 0.6) is 0 Å². The molecule has 4 atom stereocenters. The van der Waals surface area contributed by atoms with Gasteiger partial charge in [-0.05, 0) is 57.0 Å². The molecule has 0 amide bonds. The molecular weight excluding hydrogens is 208 g/mol. The second-order valence-corrected chi connectivity index (χ2v) is 6.49. The first-order valence-electron chi connectivity index (χ1n) is 7.60. The normalized spacial score (nSPS) is 45.8. The Morgan fingerprint density at radius 2 is 2.24 bits per heavy atom. The first kappa shape index (κ1) is 10.6. The molecule has 2 nitrogen and oxygen atoms in total. The molecule has 4 aliphatic rings. The largest absolute Gasteiger partial charge is 0.310 e. The predicted molar refractivity (Wildman–Crippen MR) is 69.9 cm³/mol. The number of nitrogens with one attached hydrogen (secondary N) is 1. The van der Waals surface area contributed by atoms with Crippen LogP contribution < -0.4 is 5.32 Å². The molecular formula is C15H24N2. The first-order chi connectivity index (χ1) is 8.42. The lowest BCUT2D eigenvalue weighted by Gasteiger charge is -2.52. The minimum atomic E-state index is 0.739. The van der Waals surface area contributed by atoms with Gasteiger partial charge in [-0.15, -0.1) is 0 Å². The average molecular weight is 232 g/mol. The lowest BCUT2D eigenvalue weighted by molar-refractivity contribution is 0.0271. The topological polar surface area (TPSA) is 15.3 Å². The smallest absolute Gasteiger partial charge is 0.0320 e. The van der Waals surface area contributed by atoms with Gasteiger partial charge in [-0.3, -0.25) is 4.90 Å². The Morgan fingerprint density at radius 1 is 1.24 bits per heavy atom. The fourth-order valence-corrected chi connectivity index (χ4v) is 4.80. The Morgan fingerprint density at radius 3 is 3.24 bits per heavy atom. The zero-order chi connectivity index (χ0) is 11.2. The highest BCUT2D eigenvalue weighted by Gasteiger charge is 2.43. The summed E-state index contributed by atoms with van der Waals surface area (Å²) in [5.74, 6) is 1.80. The van der Waals surface area contributed by atoms with Crippen LogP contribution in [0.25, 0.3) is 0 Å². The molecule has 0 radical (unpaired) electrons. The molecule has 2 heteroatoms. The van der Waals surface area contributed by atoms with Gasteiger partial charge in [0.05, 0.1) is 0 Å². The van der Waals surface area contributed by atoms with Crippen molar-refractivity contribution in [2.45, 2.75) is 50.6 Å². The molecule has 0 aromatic rings. The molecule has 3 heterocycles. The fraction of sp³-hybridized carbons (Fsp3) is 0.867. The van der Waals surface area contributed by atoms with Gasteiger partial charge in [0.15, 0.2) is 0 Å². The van der Waals surface area contributed by atoms with Crippen LogP contribution in [0.3, 0.4) is 0 Å². The molecule has 94 valence electrons. The Bertz CT molecular complexity index is 336. The third-order valence-corrected chi connectivity index (χ3v) is 5.51. The number of hydrogen-bond acceptors (Lipinski definition) is 2. The van der Waals surface area contributed by atoms with Crippen LogP contribution in [-0.2, 0) is 0 Å². The van der Waals surface area contributed by atoms with E-state index in [1.807, 2.05) is 0 Å². The first-order valence-corrected chi connectivity index (χ1v) is 7.60. The summed E-state index contributed by atoms with van der Waals surface area (Å²) in [5.41, 5.74) is 1.77. The molecule has 17 heavy (non-hydrogen) atoms. The van der Waals surface area contributed by atoms with Gasteiger partial charge in [0.2, 0.25) is 0 Å². The molecule has 0 spiro atoms. The van der Waals surface area contributed by atoms with Gasteiger partial charge in [0.1, 0.15) is 0 Å². The molecule has 1 N–H and O–H groups in total. The molecule has 3 fully saturated rings. The maximum Gasteiger partial charge on any atom is 0.0320 e. The zero-order valence-corrected chi connectivity index (χ0v) is 10.7. The van der Waals surface area contributed by atoms with E-state index in [0.29, 0.717) is 0 Å². The summed E-state index contributed by atoms with van der Waals surface area (Å²) in [6, 6.07) is 1.64. The summed E-state index contributed by atoms with van der Waals surface area (Å²) >= 11 is 0. The second-order valence-electron chi connectivity index (χ2n) is 6.49. The van der Waals surface area contributed by atoms with Crippen molar-refractivity contribution in [1.82, 2.24) is 10.2 Å². The summed E-state index contributed by atoms with van der Waals surface area (Å²) in [6.45, 7) is 3.98. The standard InChI is InChI=1S/C15H24N2/c1-2-7-17-10-13-9-12(14(17)5-1)8-11-4-3-6-16-15(11)13/h8,12-16H,1-7,9-10H2/t12?,13?,14-,15?/m1/s1. The highest BCUT2D eigenvalue weighted by molar-refractivity contribution is 5.23. The molecule has 0 saturated carbocycles. The number of rotatable bonds is 0. The van der Waals surface area contributed by atoms with E-state index in [1.54, 1.807) is 5.57 Å². The van der Waals surface area contributed by atoms with E-state index in [9.17, 15) is 0 Å². The molecule has 2 bridgehead atoms. The van der Waals surface area contributed by atoms with Crippen LogP contribution in [0, 0.1) is 11.8 Å². The maximum absolute atomic E-state index is 3.78. The van der Waals surface area contributed by atoms with Crippen LogP contribution in [-0.4, -0.2) is 36.6 Å². The lowest BCUT2D eigenvalue weighted by Crippen LogP contribution is -2.58. The van der Waals surface area contributed by atoms with Crippen molar-refractivity contribution in [2.24, 2.45) is 11.8 Å². The second kappa shape index (κ2) is 4.10. The van der Waals surface area contributed by atoms with E-state index in [-0.39, 0.29) is 0 Å². The Kier molecular flexibility index (Phi) is 2.55. The highest BCUT2D eigenvalue weighted by atomic mass is 15.2. The summed E-state index contributed by atoms with van der Waals surface area (Å²) in [5, 5.41) is 3.78. The van der Waals surface area contributed by atoms with Crippen molar-refractivity contribution in [1.29, 1.82) is 0 Å². The molecule has 3 saturated heterocycles. The molecule has 3 aliphatic heterocycles. The van der Waals surface area contributed by atoms with Crippen molar-refractivity contribution in [3.63, 3.8) is 0 Å². The van der Waals surface area contributed by atoms with Crippen molar-refractivity contribution >= 4 is 0 Å². The van der Waals surface area contributed by atoms with Crippen molar-refractivity contribution in [2.75, 3.05) is 19.6 Å². The fourth-order valence-electron chi connectivity index (χ4n) is 4.80. The summed E-state index contributed by atoms with van der Waals surface area (Å²) < 4.78 is 0. The maximum atomic E-state index is 3.78. The summed E-state index contributed by atoms with van der Waals surface area (Å²) in [4.78, 5) is 2.81. The Labute approximate surface area is 104 Å². The zero-order valence-electron chi connectivity index (χ0n) is 10.7. The van der Waals surface area contributed by atoms with Crippen molar-refractivity contribution < 1.29 is 0 Å². The molecule has 4 rings (SSSR count). The number of piperidine rings is 3. The molecule has 0 aromatic heterocycles. The average Bonchev–Trinajstić information content (AvgIpc) is 2.39. The van der Waals surface area contributed by atoms with E-state index >= 15 is 0 Å². The molecule has 3 unspecified atom stereocenters. The van der Waals surface area contributed by atoms with Crippen LogP contribution >= 0.6 is 0 Å². The predicted octanol–water partition coefficient (Wildman–Crippen LogP) is 2.17. The Balaban J connectivity index is 1.64. The summed E-state index contributed by atoms with van der Waals surface area (Å²) in [7, 11) is 0. The van der Waals surface area contributed by atoms with Gasteiger partial charge >= 0.3 is 0 Å². The summed E-state index contributed by atoms with van der Waals surface area (Å²) in [6.07, 6.45) is 11.2. The Hall–Kier alpha value is -0.340. The highest BCUT2D eigenvalue weighted by Crippen LogP contribution is 2.42. The van der Waals surface area contributed by atoms with Crippen LogP contribution in [0.4, 0.5) is 0 Å². The minimum Gasteiger partial charge on any atom is -0.310 e.